The number of benzene rings is 1. The van der Waals surface area contributed by atoms with Crippen molar-refractivity contribution in [3.63, 3.8) is 0 Å². The number of carbonyl (C=O) groups excluding carboxylic acids is 3. The van der Waals surface area contributed by atoms with Gasteiger partial charge in [0.2, 0.25) is 0 Å². The molecule has 0 atom stereocenters. The molecule has 110 valence electrons. The highest BCUT2D eigenvalue weighted by atomic mass is 16.6. The highest BCUT2D eigenvalue weighted by molar-refractivity contribution is 6.04. The van der Waals surface area contributed by atoms with Crippen molar-refractivity contribution in [2.75, 3.05) is 7.11 Å². The van der Waals surface area contributed by atoms with Crippen molar-refractivity contribution in [2.45, 2.75) is 0 Å². The summed E-state index contributed by atoms with van der Waals surface area (Å²) in [6.07, 6.45) is 5.12. The molecule has 2 rings (SSSR count). The molecule has 1 aliphatic heterocycles. The Morgan fingerprint density at radius 3 is 1.81 bits per heavy atom. The van der Waals surface area contributed by atoms with Gasteiger partial charge < -0.3 is 9.47 Å². The van der Waals surface area contributed by atoms with Crippen molar-refractivity contribution >= 4 is 24.0 Å². The average molecular weight is 288 g/mol. The Morgan fingerprint density at radius 1 is 1.10 bits per heavy atom. The van der Waals surface area contributed by atoms with E-state index in [0.29, 0.717) is 0 Å². The van der Waals surface area contributed by atoms with Crippen molar-refractivity contribution in [3.8, 4) is 0 Å². The van der Waals surface area contributed by atoms with Crippen LogP contribution in [-0.4, -0.2) is 25.0 Å². The molecule has 0 fully saturated rings. The maximum absolute atomic E-state index is 9.92. The molecule has 0 unspecified atom stereocenters. The molecule has 1 aromatic carbocycles. The van der Waals surface area contributed by atoms with E-state index in [1.807, 2.05) is 36.4 Å². The minimum absolute atomic E-state index is 0.394. The standard InChI is InChI=1S/C8H8.C4H2O3.C4H6O2/c1-2-8-6-4-3-5-7-8;5-3-1-2-4(6)7-3;1-3-4(5)6-2/h2-7H,1H2;1-2H;3H,1H2,2H3. The Bertz CT molecular complexity index is 513. The first-order valence-electron chi connectivity index (χ1n) is 5.85. The van der Waals surface area contributed by atoms with Crippen molar-refractivity contribution in [1.29, 1.82) is 0 Å². The van der Waals surface area contributed by atoms with Crippen molar-refractivity contribution in [1.82, 2.24) is 0 Å². The number of cyclic esters (lactones) is 2. The zero-order chi connectivity index (χ0) is 16.1. The highest BCUT2D eigenvalue weighted by Crippen LogP contribution is 1.97. The lowest BCUT2D eigenvalue weighted by atomic mass is 10.2. The Balaban J connectivity index is 0.000000290. The van der Waals surface area contributed by atoms with E-state index in [0.717, 1.165) is 18.2 Å². The molecule has 0 amide bonds. The van der Waals surface area contributed by atoms with Gasteiger partial charge in [-0.3, -0.25) is 0 Å². The van der Waals surface area contributed by atoms with E-state index in [-0.39, 0.29) is 0 Å². The van der Waals surface area contributed by atoms with Crippen LogP contribution in [0.15, 0.2) is 61.7 Å². The fraction of sp³-hybridized carbons (Fsp3) is 0.0625. The molecule has 0 aromatic heterocycles. The van der Waals surface area contributed by atoms with E-state index in [1.54, 1.807) is 0 Å². The minimum atomic E-state index is -0.579. The Labute approximate surface area is 123 Å². The predicted molar refractivity (Wildman–Crippen MR) is 79.0 cm³/mol. The lowest BCUT2D eigenvalue weighted by Crippen LogP contribution is -1.96. The van der Waals surface area contributed by atoms with Crippen LogP contribution in [0.3, 0.4) is 0 Å². The summed E-state index contributed by atoms with van der Waals surface area (Å²) < 4.78 is 8.11. The molecule has 0 N–H and O–H groups in total. The normalized spacial score (nSPS) is 11.1. The number of hydrogen-bond donors (Lipinski definition) is 0. The molecule has 21 heavy (non-hydrogen) atoms. The quantitative estimate of drug-likeness (QED) is 0.474. The van der Waals surface area contributed by atoms with E-state index in [1.165, 1.54) is 12.7 Å². The van der Waals surface area contributed by atoms with Crippen LogP contribution in [0.5, 0.6) is 0 Å². The van der Waals surface area contributed by atoms with Crippen LogP contribution in [-0.2, 0) is 23.9 Å². The summed E-state index contributed by atoms with van der Waals surface area (Å²) in [7, 11) is 1.31. The summed E-state index contributed by atoms with van der Waals surface area (Å²) in [5.41, 5.74) is 1.17. The number of rotatable bonds is 2. The van der Waals surface area contributed by atoms with Gasteiger partial charge in [-0.05, 0) is 5.56 Å². The number of ether oxygens (including phenoxy) is 2. The minimum Gasteiger partial charge on any atom is -0.466 e. The molecule has 1 aromatic rings. The lowest BCUT2D eigenvalue weighted by Gasteiger charge is -1.85. The molecule has 5 nitrogen and oxygen atoms in total. The number of carbonyl (C=O) groups is 3. The molecular weight excluding hydrogens is 272 g/mol. The van der Waals surface area contributed by atoms with Gasteiger partial charge in [0.15, 0.2) is 0 Å². The van der Waals surface area contributed by atoms with Crippen LogP contribution in [0, 0.1) is 0 Å². The molecule has 0 spiro atoms. The second kappa shape index (κ2) is 10.9. The molecule has 0 bridgehead atoms. The molecule has 0 aliphatic carbocycles. The summed E-state index contributed by atoms with van der Waals surface area (Å²) in [6.45, 7) is 6.79. The monoisotopic (exact) mass is 288 g/mol. The zero-order valence-electron chi connectivity index (χ0n) is 11.7. The van der Waals surface area contributed by atoms with E-state index < -0.39 is 17.9 Å². The summed E-state index contributed by atoms with van der Waals surface area (Å²) in [5.74, 6) is -1.55. The average Bonchev–Trinajstić information content (AvgIpc) is 2.91. The van der Waals surface area contributed by atoms with Crippen LogP contribution in [0.25, 0.3) is 6.08 Å². The third-order valence-corrected chi connectivity index (χ3v) is 1.96. The third-order valence-electron chi connectivity index (χ3n) is 1.96. The lowest BCUT2D eigenvalue weighted by molar-refractivity contribution is -0.150. The van der Waals surface area contributed by atoms with Crippen molar-refractivity contribution in [2.24, 2.45) is 0 Å². The van der Waals surface area contributed by atoms with Gasteiger partial charge in [-0.2, -0.15) is 0 Å². The Kier molecular flexibility index (Phi) is 9.39. The van der Waals surface area contributed by atoms with Crippen LogP contribution in [0.1, 0.15) is 5.56 Å². The van der Waals surface area contributed by atoms with Crippen molar-refractivity contribution in [3.05, 3.63) is 67.3 Å². The van der Waals surface area contributed by atoms with E-state index in [9.17, 15) is 14.4 Å². The summed E-state index contributed by atoms with van der Waals surface area (Å²) in [4.78, 5) is 29.7. The van der Waals surface area contributed by atoms with Crippen molar-refractivity contribution < 1.29 is 23.9 Å². The molecule has 0 saturated heterocycles. The van der Waals surface area contributed by atoms with Gasteiger partial charge in [-0.1, -0.05) is 49.6 Å². The SMILES string of the molecule is C=CC(=O)OC.C=Cc1ccccc1.O=C1C=CC(=O)O1. The number of methoxy groups -OCH3 is 1. The zero-order valence-corrected chi connectivity index (χ0v) is 11.7. The van der Waals surface area contributed by atoms with Gasteiger partial charge in [0.1, 0.15) is 0 Å². The van der Waals surface area contributed by atoms with Gasteiger partial charge in [0, 0.05) is 18.2 Å². The fourth-order valence-corrected chi connectivity index (χ4v) is 0.976. The maximum atomic E-state index is 9.92. The first kappa shape index (κ1) is 18.0. The summed E-state index contributed by atoms with van der Waals surface area (Å²) >= 11 is 0. The van der Waals surface area contributed by atoms with Gasteiger partial charge in [0.05, 0.1) is 7.11 Å². The van der Waals surface area contributed by atoms with Gasteiger partial charge in [-0.25, -0.2) is 14.4 Å². The molecule has 1 aliphatic rings. The Hall–Kier alpha value is -2.95. The van der Waals surface area contributed by atoms with E-state index in [2.05, 4.69) is 22.6 Å². The van der Waals surface area contributed by atoms with Crippen LogP contribution in [0.4, 0.5) is 0 Å². The number of esters is 3. The largest absolute Gasteiger partial charge is 0.466 e. The predicted octanol–water partition coefficient (Wildman–Crippen LogP) is 2.30. The molecular formula is C16H16O5. The molecule has 5 heteroatoms. The Morgan fingerprint density at radius 2 is 1.62 bits per heavy atom. The number of hydrogen-bond acceptors (Lipinski definition) is 5. The topological polar surface area (TPSA) is 69.7 Å². The second-order valence-electron chi connectivity index (χ2n) is 3.42. The van der Waals surface area contributed by atoms with E-state index >= 15 is 0 Å². The van der Waals surface area contributed by atoms with Crippen LogP contribution < -0.4 is 0 Å². The molecule has 0 saturated carbocycles. The third kappa shape index (κ3) is 9.61. The first-order chi connectivity index (χ1) is 10.0. The summed E-state index contributed by atoms with van der Waals surface area (Å²) in [5, 5.41) is 0. The van der Waals surface area contributed by atoms with Gasteiger partial charge in [-0.15, -0.1) is 0 Å². The molecule has 0 radical (unpaired) electrons. The fourth-order valence-electron chi connectivity index (χ4n) is 0.976. The smallest absolute Gasteiger partial charge is 0.338 e. The van der Waals surface area contributed by atoms with Gasteiger partial charge >= 0.3 is 17.9 Å². The van der Waals surface area contributed by atoms with Crippen LogP contribution in [0.2, 0.25) is 0 Å². The van der Waals surface area contributed by atoms with Gasteiger partial charge in [0.25, 0.3) is 0 Å². The maximum Gasteiger partial charge on any atom is 0.338 e. The second-order valence-corrected chi connectivity index (χ2v) is 3.42. The van der Waals surface area contributed by atoms with Crippen LogP contribution >= 0.6 is 0 Å². The highest BCUT2D eigenvalue weighted by Gasteiger charge is 2.10. The summed E-state index contributed by atoms with van der Waals surface area (Å²) in [6, 6.07) is 10.0. The first-order valence-corrected chi connectivity index (χ1v) is 5.85. The molecule has 1 heterocycles. The van der Waals surface area contributed by atoms with E-state index in [4.69, 9.17) is 0 Å².